The molecule has 7 nitrogen and oxygen atoms in total. The van der Waals surface area contributed by atoms with Crippen LogP contribution in [0.4, 0.5) is 4.39 Å². The predicted molar refractivity (Wildman–Crippen MR) is 130 cm³/mol. The van der Waals surface area contributed by atoms with Gasteiger partial charge < -0.3 is 14.2 Å². The summed E-state index contributed by atoms with van der Waals surface area (Å²) in [5.74, 6) is -0.931. The van der Waals surface area contributed by atoms with Gasteiger partial charge in [0, 0.05) is 18.7 Å². The van der Waals surface area contributed by atoms with E-state index in [0.29, 0.717) is 30.0 Å². The summed E-state index contributed by atoms with van der Waals surface area (Å²) in [6.45, 7) is 5.15. The van der Waals surface area contributed by atoms with Crippen molar-refractivity contribution >= 4 is 15.7 Å². The topological polar surface area (TPSA) is 81.5 Å². The normalized spacial score (nSPS) is 15.7. The lowest BCUT2D eigenvalue weighted by Gasteiger charge is -2.23. The maximum absolute atomic E-state index is 13.3. The van der Waals surface area contributed by atoms with Crippen LogP contribution in [0.25, 0.3) is 0 Å². The van der Waals surface area contributed by atoms with Crippen molar-refractivity contribution in [3.63, 3.8) is 0 Å². The third kappa shape index (κ3) is 6.04. The molecule has 0 radical (unpaired) electrons. The highest BCUT2D eigenvalue weighted by Gasteiger charge is 2.28. The van der Waals surface area contributed by atoms with Crippen LogP contribution in [0.1, 0.15) is 34.5 Å². The van der Waals surface area contributed by atoms with Gasteiger partial charge in [-0.15, -0.1) is 6.58 Å². The molecule has 1 atom stereocenters. The lowest BCUT2D eigenvalue weighted by atomic mass is 10.2. The Kier molecular flexibility index (Phi) is 7.77. The van der Waals surface area contributed by atoms with Crippen LogP contribution in [0.5, 0.6) is 0 Å². The first-order valence-electron chi connectivity index (χ1n) is 11.5. The quantitative estimate of drug-likeness (QED) is 0.396. The van der Waals surface area contributed by atoms with Crippen molar-refractivity contribution in [1.82, 2.24) is 14.5 Å². The first kappa shape index (κ1) is 24.8. The number of carbonyl (C=O) groups excluding carboxylic acids is 1. The monoisotopic (exact) mass is 497 g/mol. The second-order valence-corrected chi connectivity index (χ2v) is 10.4. The number of ether oxygens (including phenoxy) is 1. The molecule has 1 saturated heterocycles. The first-order chi connectivity index (χ1) is 16.9. The smallest absolute Gasteiger partial charge is 0.254 e. The molecule has 1 amide bonds. The number of rotatable bonds is 10. The maximum atomic E-state index is 13.3. The highest BCUT2D eigenvalue weighted by atomic mass is 32.2. The molecule has 2 aromatic carbocycles. The van der Waals surface area contributed by atoms with Gasteiger partial charge in [-0.05, 0) is 42.7 Å². The van der Waals surface area contributed by atoms with Gasteiger partial charge in [-0.2, -0.15) is 0 Å². The summed E-state index contributed by atoms with van der Waals surface area (Å²) in [5.41, 5.74) is 1.58. The Balaban J connectivity index is 1.66. The number of hydrogen-bond acceptors (Lipinski definition) is 5. The molecule has 0 bridgehead atoms. The van der Waals surface area contributed by atoms with E-state index in [-0.39, 0.29) is 36.0 Å². The van der Waals surface area contributed by atoms with Gasteiger partial charge in [-0.3, -0.25) is 4.79 Å². The molecule has 0 saturated carbocycles. The lowest BCUT2D eigenvalue weighted by molar-refractivity contribution is 0.0751. The molecule has 0 spiro atoms. The van der Waals surface area contributed by atoms with E-state index in [1.807, 2.05) is 6.07 Å². The van der Waals surface area contributed by atoms with E-state index < -0.39 is 15.7 Å². The Morgan fingerprint density at radius 3 is 2.60 bits per heavy atom. The number of imidazole rings is 1. The van der Waals surface area contributed by atoms with Gasteiger partial charge in [0.15, 0.2) is 0 Å². The van der Waals surface area contributed by atoms with Crippen LogP contribution in [0, 0.1) is 5.82 Å². The third-order valence-electron chi connectivity index (χ3n) is 5.87. The van der Waals surface area contributed by atoms with Gasteiger partial charge in [0.05, 0.1) is 36.8 Å². The van der Waals surface area contributed by atoms with Crippen molar-refractivity contribution in [2.75, 3.05) is 13.2 Å². The van der Waals surface area contributed by atoms with Gasteiger partial charge in [0.2, 0.25) is 15.0 Å². The Hall–Kier alpha value is -3.30. The highest BCUT2D eigenvalue weighted by molar-refractivity contribution is 7.90. The summed E-state index contributed by atoms with van der Waals surface area (Å²) in [6, 6.07) is 14.3. The average Bonchev–Trinajstić information content (AvgIpc) is 3.51. The zero-order chi connectivity index (χ0) is 24.8. The van der Waals surface area contributed by atoms with Gasteiger partial charge in [0.1, 0.15) is 5.82 Å². The number of nitrogens with zero attached hydrogens (tertiary/aromatic N) is 3. The Morgan fingerprint density at radius 1 is 1.20 bits per heavy atom. The predicted octanol–water partition coefficient (Wildman–Crippen LogP) is 4.00. The second kappa shape index (κ2) is 11.0. The summed E-state index contributed by atoms with van der Waals surface area (Å²) < 4.78 is 47.4. The minimum absolute atomic E-state index is 0.0851. The third-order valence-corrected chi connectivity index (χ3v) is 7.47. The van der Waals surface area contributed by atoms with Crippen LogP contribution < -0.4 is 0 Å². The molecule has 184 valence electrons. The number of aromatic nitrogens is 2. The Morgan fingerprint density at radius 2 is 1.94 bits per heavy atom. The number of carbonyl (C=O) groups is 1. The zero-order valence-electron chi connectivity index (χ0n) is 19.3. The van der Waals surface area contributed by atoms with Gasteiger partial charge in [-0.1, -0.05) is 36.4 Å². The summed E-state index contributed by atoms with van der Waals surface area (Å²) in [6.07, 6.45) is 4.71. The van der Waals surface area contributed by atoms with E-state index in [9.17, 15) is 17.6 Å². The molecule has 2 heterocycles. The zero-order valence-corrected chi connectivity index (χ0v) is 20.2. The van der Waals surface area contributed by atoms with Gasteiger partial charge >= 0.3 is 0 Å². The molecule has 0 unspecified atom stereocenters. The molecule has 0 N–H and O–H groups in total. The number of benzene rings is 2. The number of sulfone groups is 1. The van der Waals surface area contributed by atoms with Gasteiger partial charge in [0.25, 0.3) is 5.91 Å². The van der Waals surface area contributed by atoms with Crippen LogP contribution in [-0.2, 0) is 33.4 Å². The second-order valence-electron chi connectivity index (χ2n) is 8.50. The largest absolute Gasteiger partial charge is 0.376 e. The fourth-order valence-corrected chi connectivity index (χ4v) is 5.65. The Labute approximate surface area is 204 Å². The van der Waals surface area contributed by atoms with Crippen LogP contribution in [0.3, 0.4) is 0 Å². The highest BCUT2D eigenvalue weighted by Crippen LogP contribution is 2.23. The van der Waals surface area contributed by atoms with E-state index in [1.54, 1.807) is 39.8 Å². The van der Waals surface area contributed by atoms with Crippen molar-refractivity contribution in [2.45, 2.75) is 42.9 Å². The van der Waals surface area contributed by atoms with Crippen LogP contribution in [0.15, 0.2) is 78.6 Å². The molecule has 35 heavy (non-hydrogen) atoms. The van der Waals surface area contributed by atoms with Crippen LogP contribution >= 0.6 is 0 Å². The first-order valence-corrected chi connectivity index (χ1v) is 13.1. The fraction of sp³-hybridized carbons (Fsp3) is 0.308. The van der Waals surface area contributed by atoms with E-state index in [2.05, 4.69) is 11.6 Å². The van der Waals surface area contributed by atoms with Crippen molar-refractivity contribution in [3.8, 4) is 0 Å². The summed E-state index contributed by atoms with van der Waals surface area (Å²) >= 11 is 0. The molecule has 3 aromatic rings. The number of amides is 1. The van der Waals surface area contributed by atoms with Crippen molar-refractivity contribution < 1.29 is 22.3 Å². The molecular formula is C26H28FN3O4S. The molecule has 1 fully saturated rings. The Bertz CT molecular complexity index is 1270. The van der Waals surface area contributed by atoms with Crippen LogP contribution in [-0.4, -0.2) is 48.0 Å². The molecule has 1 aromatic heterocycles. The summed E-state index contributed by atoms with van der Waals surface area (Å²) in [5, 5.41) is -0.0851. The maximum Gasteiger partial charge on any atom is 0.254 e. The molecule has 9 heteroatoms. The fourth-order valence-electron chi connectivity index (χ4n) is 4.15. The van der Waals surface area contributed by atoms with Crippen molar-refractivity contribution in [1.29, 1.82) is 0 Å². The molecule has 1 aliphatic heterocycles. The van der Waals surface area contributed by atoms with E-state index >= 15 is 0 Å². The van der Waals surface area contributed by atoms with Gasteiger partial charge in [-0.25, -0.2) is 17.8 Å². The van der Waals surface area contributed by atoms with E-state index in [1.165, 1.54) is 30.5 Å². The molecular weight excluding hydrogens is 469 g/mol. The minimum Gasteiger partial charge on any atom is -0.376 e. The molecule has 1 aliphatic rings. The average molecular weight is 498 g/mol. The number of halogens is 1. The van der Waals surface area contributed by atoms with Crippen LogP contribution in [0.2, 0.25) is 0 Å². The standard InChI is InChI=1S/C26H28FN3O4S/c1-2-14-29(25(31)21-7-4-3-5-8-21)17-23-16-28-26(30(23)18-24-9-6-15-34-24)35(32,33)19-20-10-12-22(27)13-11-20/h2-5,7-8,10-13,16,24H,1,6,9,14-15,17-19H2/t24-/m1/s1. The summed E-state index contributed by atoms with van der Waals surface area (Å²) in [4.78, 5) is 19.0. The molecule has 4 rings (SSSR count). The summed E-state index contributed by atoms with van der Waals surface area (Å²) in [7, 11) is -3.85. The lowest BCUT2D eigenvalue weighted by Crippen LogP contribution is -2.32. The van der Waals surface area contributed by atoms with Crippen molar-refractivity contribution in [2.24, 2.45) is 0 Å². The number of hydrogen-bond donors (Lipinski definition) is 0. The SMILES string of the molecule is C=CCN(Cc1cnc(S(=O)(=O)Cc2ccc(F)cc2)n1C[C@H]1CCCO1)C(=O)c1ccccc1. The van der Waals surface area contributed by atoms with Crippen molar-refractivity contribution in [3.05, 3.63) is 96.1 Å². The molecule has 0 aliphatic carbocycles. The van der Waals surface area contributed by atoms with E-state index in [4.69, 9.17) is 4.74 Å². The van der Waals surface area contributed by atoms with E-state index in [0.717, 1.165) is 12.8 Å². The minimum atomic E-state index is -3.85.